The van der Waals surface area contributed by atoms with Crippen LogP contribution in [0.4, 0.5) is 5.69 Å². The Balaban J connectivity index is 1.81. The molecule has 0 bridgehead atoms. The van der Waals surface area contributed by atoms with Gasteiger partial charge in [0.05, 0.1) is 16.1 Å². The van der Waals surface area contributed by atoms with E-state index < -0.39 is 28.5 Å². The average Bonchev–Trinajstić information content (AvgIpc) is 3.06. The Kier molecular flexibility index (Phi) is 6.03. The summed E-state index contributed by atoms with van der Waals surface area (Å²) in [4.78, 5) is 23.8. The number of carbonyl (C=O) groups is 2. The Morgan fingerprint density at radius 2 is 2.00 bits per heavy atom. The Morgan fingerprint density at radius 3 is 2.76 bits per heavy atom. The van der Waals surface area contributed by atoms with Crippen LogP contribution in [0.1, 0.15) is 22.8 Å². The van der Waals surface area contributed by atoms with Crippen LogP contribution in [0, 0.1) is 0 Å². The summed E-state index contributed by atoms with van der Waals surface area (Å²) in [6.07, 6.45) is 2.13. The van der Waals surface area contributed by atoms with Gasteiger partial charge in [-0.15, -0.1) is 6.58 Å². The van der Waals surface area contributed by atoms with E-state index >= 15 is 0 Å². The molecule has 2 aromatic carbocycles. The van der Waals surface area contributed by atoms with Crippen LogP contribution in [0.15, 0.2) is 66.1 Å². The fourth-order valence-corrected chi connectivity index (χ4v) is 4.99. The molecule has 1 aliphatic rings. The molecule has 0 unspecified atom stereocenters. The van der Waals surface area contributed by atoms with E-state index in [1.807, 2.05) is 19.1 Å². The summed E-state index contributed by atoms with van der Waals surface area (Å²) in [5.74, 6) is -1.24. The van der Waals surface area contributed by atoms with Gasteiger partial charge in [0, 0.05) is 12.6 Å². The van der Waals surface area contributed by atoms with E-state index in [1.165, 1.54) is 34.6 Å². The number of sulfonamides is 1. The number of esters is 1. The molecular weight excluding hydrogens is 392 g/mol. The number of fused-ring (bicyclic) bond motifs is 1. The number of hydrogen-bond acceptors (Lipinski definition) is 5. The quantitative estimate of drug-likeness (QED) is 0.554. The van der Waals surface area contributed by atoms with Crippen molar-refractivity contribution in [1.29, 1.82) is 0 Å². The topological polar surface area (TPSA) is 92.8 Å². The molecule has 1 amide bonds. The summed E-state index contributed by atoms with van der Waals surface area (Å²) >= 11 is 0. The van der Waals surface area contributed by atoms with E-state index in [0.717, 1.165) is 5.56 Å². The minimum atomic E-state index is -3.87. The fourth-order valence-electron chi connectivity index (χ4n) is 3.25. The normalized spacial score (nSPS) is 15.5. The molecule has 0 aromatic heterocycles. The molecule has 0 fully saturated rings. The minimum absolute atomic E-state index is 0.00777. The summed E-state index contributed by atoms with van der Waals surface area (Å²) in [5.41, 5.74) is 1.67. The second-order valence-electron chi connectivity index (χ2n) is 6.68. The lowest BCUT2D eigenvalue weighted by Gasteiger charge is -2.24. The van der Waals surface area contributed by atoms with Crippen molar-refractivity contribution in [3.63, 3.8) is 0 Å². The smallest absolute Gasteiger partial charge is 0.338 e. The number of amides is 1. The first kappa shape index (κ1) is 20.6. The van der Waals surface area contributed by atoms with Crippen LogP contribution in [0.3, 0.4) is 0 Å². The van der Waals surface area contributed by atoms with Crippen molar-refractivity contribution >= 4 is 27.6 Å². The molecule has 7 nitrogen and oxygen atoms in total. The largest absolute Gasteiger partial charge is 0.452 e. The molecule has 0 radical (unpaired) electrons. The second-order valence-corrected chi connectivity index (χ2v) is 8.49. The van der Waals surface area contributed by atoms with Gasteiger partial charge in [0.1, 0.15) is 0 Å². The van der Waals surface area contributed by atoms with Gasteiger partial charge in [0.2, 0.25) is 0 Å². The van der Waals surface area contributed by atoms with Crippen LogP contribution in [-0.2, 0) is 26.0 Å². The number of para-hydroxylation sites is 1. The zero-order valence-corrected chi connectivity index (χ0v) is 16.8. The molecule has 8 heteroatoms. The van der Waals surface area contributed by atoms with E-state index in [9.17, 15) is 18.0 Å². The molecule has 152 valence electrons. The highest BCUT2D eigenvalue weighted by Crippen LogP contribution is 2.36. The Hall–Kier alpha value is -3.13. The molecule has 1 atom stereocenters. The number of nitrogens with zero attached hydrogens (tertiary/aromatic N) is 1. The third-order valence-corrected chi connectivity index (χ3v) is 6.47. The minimum Gasteiger partial charge on any atom is -0.452 e. The molecule has 3 rings (SSSR count). The molecule has 1 heterocycles. The van der Waals surface area contributed by atoms with Crippen LogP contribution in [0.25, 0.3) is 0 Å². The highest BCUT2D eigenvalue weighted by Gasteiger charge is 2.36. The lowest BCUT2D eigenvalue weighted by molar-refractivity contribution is -0.124. The van der Waals surface area contributed by atoms with E-state index in [2.05, 4.69) is 11.9 Å². The zero-order valence-electron chi connectivity index (χ0n) is 16.0. The first-order valence-electron chi connectivity index (χ1n) is 9.11. The number of rotatable bonds is 7. The van der Waals surface area contributed by atoms with E-state index in [4.69, 9.17) is 4.74 Å². The molecule has 0 spiro atoms. The van der Waals surface area contributed by atoms with Gasteiger partial charge in [0.15, 0.2) is 6.61 Å². The van der Waals surface area contributed by atoms with Crippen LogP contribution in [-0.4, -0.2) is 39.5 Å². The van der Waals surface area contributed by atoms with Gasteiger partial charge < -0.3 is 10.1 Å². The fraction of sp³-hybridized carbons (Fsp3) is 0.238. The predicted octanol–water partition coefficient (Wildman–Crippen LogP) is 2.29. The maximum Gasteiger partial charge on any atom is 0.338 e. The van der Waals surface area contributed by atoms with Crippen molar-refractivity contribution < 1.29 is 22.7 Å². The van der Waals surface area contributed by atoms with Crippen molar-refractivity contribution in [2.24, 2.45) is 0 Å². The van der Waals surface area contributed by atoms with Crippen molar-refractivity contribution in [1.82, 2.24) is 5.32 Å². The van der Waals surface area contributed by atoms with Gasteiger partial charge in [-0.3, -0.25) is 9.10 Å². The number of nitrogens with one attached hydrogen (secondary N) is 1. The number of anilines is 1. The highest BCUT2D eigenvalue weighted by atomic mass is 32.2. The average molecular weight is 414 g/mol. The molecular formula is C21H22N2O5S. The van der Waals surface area contributed by atoms with Gasteiger partial charge in [-0.1, -0.05) is 30.3 Å². The predicted molar refractivity (Wildman–Crippen MR) is 109 cm³/mol. The number of ether oxygens (including phenoxy) is 1. The third kappa shape index (κ3) is 4.32. The van der Waals surface area contributed by atoms with Crippen molar-refractivity contribution in [2.45, 2.75) is 24.3 Å². The number of carbonyl (C=O) groups excluding carboxylic acids is 2. The van der Waals surface area contributed by atoms with E-state index in [1.54, 1.807) is 12.1 Å². The summed E-state index contributed by atoms with van der Waals surface area (Å²) in [6.45, 7) is 5.13. The summed E-state index contributed by atoms with van der Waals surface area (Å²) in [6, 6.07) is 12.8. The maximum atomic E-state index is 13.3. The van der Waals surface area contributed by atoms with Crippen LogP contribution >= 0.6 is 0 Å². The van der Waals surface area contributed by atoms with Crippen LogP contribution in [0.5, 0.6) is 0 Å². The van der Waals surface area contributed by atoms with E-state index in [0.29, 0.717) is 12.1 Å². The summed E-state index contributed by atoms with van der Waals surface area (Å²) < 4.78 is 32.9. The Bertz CT molecular complexity index is 1050. The van der Waals surface area contributed by atoms with Gasteiger partial charge in [-0.25, -0.2) is 13.2 Å². The third-order valence-electron chi connectivity index (χ3n) is 4.55. The lowest BCUT2D eigenvalue weighted by atomic mass is 10.1. The van der Waals surface area contributed by atoms with E-state index in [-0.39, 0.29) is 23.0 Å². The number of benzene rings is 2. The lowest BCUT2D eigenvalue weighted by Crippen LogP contribution is -2.35. The monoisotopic (exact) mass is 414 g/mol. The van der Waals surface area contributed by atoms with Crippen molar-refractivity contribution in [3.8, 4) is 0 Å². The first-order chi connectivity index (χ1) is 13.8. The van der Waals surface area contributed by atoms with Gasteiger partial charge in [0.25, 0.3) is 15.9 Å². The van der Waals surface area contributed by atoms with Crippen molar-refractivity contribution in [2.75, 3.05) is 17.5 Å². The van der Waals surface area contributed by atoms with Gasteiger partial charge >= 0.3 is 5.97 Å². The Morgan fingerprint density at radius 1 is 1.24 bits per heavy atom. The maximum absolute atomic E-state index is 13.3. The first-order valence-corrected chi connectivity index (χ1v) is 10.6. The van der Waals surface area contributed by atoms with Gasteiger partial charge in [-0.2, -0.15) is 0 Å². The van der Waals surface area contributed by atoms with Crippen LogP contribution < -0.4 is 9.62 Å². The standard InChI is InChI=1S/C21H22N2O5S/c1-3-11-22-20(24)14-28-21(25)17-8-6-9-18(13-17)29(26,27)23-15(2)12-16-7-4-5-10-19(16)23/h3-10,13,15H,1,11-12,14H2,2H3,(H,22,24)/t15-/m1/s1. The molecule has 2 aromatic rings. The number of hydrogen-bond donors (Lipinski definition) is 1. The van der Waals surface area contributed by atoms with Gasteiger partial charge in [-0.05, 0) is 43.2 Å². The molecule has 1 N–H and O–H groups in total. The van der Waals surface area contributed by atoms with Crippen LogP contribution in [0.2, 0.25) is 0 Å². The molecule has 29 heavy (non-hydrogen) atoms. The van der Waals surface area contributed by atoms with Crippen molar-refractivity contribution in [3.05, 3.63) is 72.3 Å². The molecule has 0 saturated heterocycles. The molecule has 0 saturated carbocycles. The molecule has 1 aliphatic heterocycles. The Labute approximate surface area is 170 Å². The highest BCUT2D eigenvalue weighted by molar-refractivity contribution is 7.92. The summed E-state index contributed by atoms with van der Waals surface area (Å²) in [5, 5.41) is 2.49. The molecule has 0 aliphatic carbocycles. The second kappa shape index (κ2) is 8.48. The SMILES string of the molecule is C=CCNC(=O)COC(=O)c1cccc(S(=O)(=O)N2c3ccccc3C[C@H]2C)c1. The summed E-state index contributed by atoms with van der Waals surface area (Å²) in [7, 11) is -3.87. The zero-order chi connectivity index (χ0) is 21.0.